The van der Waals surface area contributed by atoms with Crippen LogP contribution in [0.4, 0.5) is 5.69 Å². The second kappa shape index (κ2) is 2.74. The number of hydrogen-bond acceptors (Lipinski definition) is 2. The minimum Gasteiger partial charge on any atom is -0.490 e. The molecule has 2 heterocycles. The zero-order valence-electron chi connectivity index (χ0n) is 7.82. The number of ether oxygens (including phenoxy) is 1. The van der Waals surface area contributed by atoms with Crippen LogP contribution in [0.25, 0.3) is 0 Å². The molecule has 0 aromatic heterocycles. The van der Waals surface area contributed by atoms with Crippen LogP contribution < -0.4 is 9.64 Å². The van der Waals surface area contributed by atoms with Gasteiger partial charge in [-0.3, -0.25) is 4.79 Å². The lowest BCUT2D eigenvalue weighted by Gasteiger charge is -2.34. The average molecular weight is 189 g/mol. The second-order valence-corrected chi connectivity index (χ2v) is 3.66. The van der Waals surface area contributed by atoms with E-state index in [2.05, 4.69) is 6.07 Å². The Kier molecular flexibility index (Phi) is 1.54. The molecule has 0 unspecified atom stereocenters. The van der Waals surface area contributed by atoms with Crippen LogP contribution in [0, 0.1) is 0 Å². The quantitative estimate of drug-likeness (QED) is 0.616. The van der Waals surface area contributed by atoms with Crippen molar-refractivity contribution >= 4 is 11.6 Å². The summed E-state index contributed by atoms with van der Waals surface area (Å²) in [5.74, 6) is 1.09. The zero-order chi connectivity index (χ0) is 9.54. The molecule has 0 saturated carbocycles. The third kappa shape index (κ3) is 0.953. The van der Waals surface area contributed by atoms with Crippen LogP contribution in [-0.2, 0) is 11.2 Å². The van der Waals surface area contributed by atoms with Gasteiger partial charge in [-0.2, -0.15) is 0 Å². The monoisotopic (exact) mass is 189 g/mol. The van der Waals surface area contributed by atoms with Crippen LogP contribution in [-0.4, -0.2) is 19.1 Å². The van der Waals surface area contributed by atoms with E-state index in [9.17, 15) is 4.79 Å². The predicted molar refractivity (Wildman–Crippen MR) is 52.6 cm³/mol. The summed E-state index contributed by atoms with van der Waals surface area (Å²) in [7, 11) is 0. The molecule has 2 aliphatic heterocycles. The third-order valence-electron chi connectivity index (χ3n) is 2.83. The number of carbonyl (C=O) groups excluding carboxylic acids is 1. The second-order valence-electron chi connectivity index (χ2n) is 3.66. The summed E-state index contributed by atoms with van der Waals surface area (Å²) in [5.41, 5.74) is 2.25. The number of aryl methyl sites for hydroxylation is 1. The summed E-state index contributed by atoms with van der Waals surface area (Å²) >= 11 is 0. The van der Waals surface area contributed by atoms with Crippen LogP contribution in [0.5, 0.6) is 5.75 Å². The number of hydrogen-bond donors (Lipinski definition) is 0. The fourth-order valence-corrected chi connectivity index (χ4v) is 2.18. The highest BCUT2D eigenvalue weighted by atomic mass is 16.5. The summed E-state index contributed by atoms with van der Waals surface area (Å²) in [5, 5.41) is 0. The Bertz CT molecular complexity index is 386. The van der Waals surface area contributed by atoms with E-state index in [1.54, 1.807) is 0 Å². The maximum absolute atomic E-state index is 11.6. The molecule has 0 aliphatic carbocycles. The lowest BCUT2D eigenvalue weighted by Crippen LogP contribution is -2.41. The van der Waals surface area contributed by atoms with Crippen molar-refractivity contribution in [2.24, 2.45) is 0 Å². The van der Waals surface area contributed by atoms with Crippen molar-refractivity contribution in [3.05, 3.63) is 23.8 Å². The highest BCUT2D eigenvalue weighted by Crippen LogP contribution is 2.38. The molecule has 0 radical (unpaired) electrons. The molecule has 1 aromatic carbocycles. The zero-order valence-corrected chi connectivity index (χ0v) is 7.82. The van der Waals surface area contributed by atoms with Gasteiger partial charge < -0.3 is 9.64 Å². The van der Waals surface area contributed by atoms with Crippen LogP contribution in [0.15, 0.2) is 18.2 Å². The first-order chi connectivity index (χ1) is 6.86. The molecule has 0 saturated heterocycles. The maximum Gasteiger partial charge on any atom is 0.227 e. The Morgan fingerprint density at radius 3 is 3.14 bits per heavy atom. The third-order valence-corrected chi connectivity index (χ3v) is 2.83. The van der Waals surface area contributed by atoms with Gasteiger partial charge >= 0.3 is 0 Å². The van der Waals surface area contributed by atoms with Crippen LogP contribution in [0.1, 0.15) is 12.0 Å². The van der Waals surface area contributed by atoms with Gasteiger partial charge in [-0.1, -0.05) is 12.1 Å². The van der Waals surface area contributed by atoms with Crippen molar-refractivity contribution in [2.75, 3.05) is 18.1 Å². The minimum absolute atomic E-state index is 0.230. The fourth-order valence-electron chi connectivity index (χ4n) is 2.18. The molecule has 14 heavy (non-hydrogen) atoms. The summed E-state index contributed by atoms with van der Waals surface area (Å²) in [6.45, 7) is 1.31. The predicted octanol–water partition coefficient (Wildman–Crippen LogP) is 1.36. The van der Waals surface area contributed by atoms with Crippen molar-refractivity contribution in [3.63, 3.8) is 0 Å². The normalized spacial score (nSPS) is 18.9. The van der Waals surface area contributed by atoms with Crippen LogP contribution >= 0.6 is 0 Å². The first kappa shape index (κ1) is 7.85. The van der Waals surface area contributed by atoms with Gasteiger partial charge in [0, 0.05) is 6.42 Å². The fraction of sp³-hybridized carbons (Fsp3) is 0.364. The van der Waals surface area contributed by atoms with E-state index in [1.807, 2.05) is 17.0 Å². The smallest absolute Gasteiger partial charge is 0.227 e. The molecule has 0 N–H and O–H groups in total. The topological polar surface area (TPSA) is 29.5 Å². The lowest BCUT2D eigenvalue weighted by atomic mass is 10.00. The van der Waals surface area contributed by atoms with Crippen molar-refractivity contribution in [3.8, 4) is 5.75 Å². The molecule has 3 nitrogen and oxygen atoms in total. The number of benzene rings is 1. The summed E-state index contributed by atoms with van der Waals surface area (Å²) in [6.07, 6.45) is 1.48. The number of anilines is 1. The molecule has 0 fully saturated rings. The molecule has 0 atom stereocenters. The Morgan fingerprint density at radius 2 is 2.21 bits per heavy atom. The standard InChI is InChI=1S/C11H11NO2/c13-10-5-4-8-2-1-3-9-11(8)12(10)6-7-14-9/h1-3H,4-7H2. The Morgan fingerprint density at radius 1 is 1.29 bits per heavy atom. The Hall–Kier alpha value is -1.51. The molecule has 3 heteroatoms. The molecule has 3 rings (SSSR count). The van der Waals surface area contributed by atoms with E-state index in [4.69, 9.17) is 4.74 Å². The molecule has 72 valence electrons. The van der Waals surface area contributed by atoms with E-state index < -0.39 is 0 Å². The summed E-state index contributed by atoms with van der Waals surface area (Å²) in [4.78, 5) is 13.5. The van der Waals surface area contributed by atoms with Gasteiger partial charge in [0.2, 0.25) is 5.91 Å². The van der Waals surface area contributed by atoms with Gasteiger partial charge in [-0.25, -0.2) is 0 Å². The summed E-state index contributed by atoms with van der Waals surface area (Å²) in [6, 6.07) is 6.00. The van der Waals surface area contributed by atoms with Crippen molar-refractivity contribution < 1.29 is 9.53 Å². The van der Waals surface area contributed by atoms with Gasteiger partial charge in [0.1, 0.15) is 12.4 Å². The molecular formula is C11H11NO2. The number of para-hydroxylation sites is 1. The van der Waals surface area contributed by atoms with Gasteiger partial charge in [-0.15, -0.1) is 0 Å². The molecule has 1 amide bonds. The molecule has 0 bridgehead atoms. The highest BCUT2D eigenvalue weighted by Gasteiger charge is 2.29. The average Bonchev–Trinajstić information content (AvgIpc) is 2.24. The molecule has 2 aliphatic rings. The van der Waals surface area contributed by atoms with E-state index in [-0.39, 0.29) is 5.91 Å². The number of rotatable bonds is 0. The van der Waals surface area contributed by atoms with Gasteiger partial charge in [0.25, 0.3) is 0 Å². The van der Waals surface area contributed by atoms with Gasteiger partial charge in [0.05, 0.1) is 12.2 Å². The Balaban J connectivity index is 2.21. The van der Waals surface area contributed by atoms with E-state index >= 15 is 0 Å². The van der Waals surface area contributed by atoms with E-state index in [0.717, 1.165) is 17.9 Å². The number of carbonyl (C=O) groups is 1. The SMILES string of the molecule is O=C1CCc2cccc3c2N1CCO3. The summed E-state index contributed by atoms with van der Waals surface area (Å²) < 4.78 is 5.52. The number of nitrogens with zero attached hydrogens (tertiary/aromatic N) is 1. The van der Waals surface area contributed by atoms with Crippen molar-refractivity contribution in [1.29, 1.82) is 0 Å². The molecule has 0 spiro atoms. The van der Waals surface area contributed by atoms with Crippen LogP contribution in [0.2, 0.25) is 0 Å². The molecule has 1 aromatic rings. The van der Waals surface area contributed by atoms with Gasteiger partial charge in [0.15, 0.2) is 0 Å². The minimum atomic E-state index is 0.230. The van der Waals surface area contributed by atoms with Crippen molar-refractivity contribution in [2.45, 2.75) is 12.8 Å². The van der Waals surface area contributed by atoms with Crippen molar-refractivity contribution in [1.82, 2.24) is 0 Å². The maximum atomic E-state index is 11.6. The lowest BCUT2D eigenvalue weighted by molar-refractivity contribution is -0.119. The first-order valence-corrected chi connectivity index (χ1v) is 4.91. The molecular weight excluding hydrogens is 178 g/mol. The highest BCUT2D eigenvalue weighted by molar-refractivity contribution is 5.98. The number of amides is 1. The van der Waals surface area contributed by atoms with Crippen LogP contribution in [0.3, 0.4) is 0 Å². The largest absolute Gasteiger partial charge is 0.490 e. The van der Waals surface area contributed by atoms with E-state index in [0.29, 0.717) is 19.6 Å². The van der Waals surface area contributed by atoms with E-state index in [1.165, 1.54) is 5.56 Å². The first-order valence-electron chi connectivity index (χ1n) is 4.91. The van der Waals surface area contributed by atoms with Gasteiger partial charge in [-0.05, 0) is 18.1 Å². The Labute approximate surface area is 82.3 Å².